The molecule has 1 aliphatic carbocycles. The Morgan fingerprint density at radius 3 is 2.67 bits per heavy atom. The van der Waals surface area contributed by atoms with Crippen LogP contribution in [-0.2, 0) is 21.6 Å². The van der Waals surface area contributed by atoms with Crippen LogP contribution >= 0.6 is 0 Å². The summed E-state index contributed by atoms with van der Waals surface area (Å²) in [4.78, 5) is 14.2. The molecule has 1 atom stereocenters. The van der Waals surface area contributed by atoms with Gasteiger partial charge in [-0.2, -0.15) is 0 Å². The van der Waals surface area contributed by atoms with Crippen molar-refractivity contribution in [3.63, 3.8) is 0 Å². The third-order valence-corrected chi connectivity index (χ3v) is 8.44. The summed E-state index contributed by atoms with van der Waals surface area (Å²) in [5, 5.41) is 0. The number of likely N-dealkylation sites (tertiary alicyclic amines) is 1. The molecule has 4 rings (SSSR count). The van der Waals surface area contributed by atoms with E-state index in [0.29, 0.717) is 37.7 Å². The van der Waals surface area contributed by atoms with Gasteiger partial charge in [0.15, 0.2) is 9.84 Å². The molecule has 0 bridgehead atoms. The molecule has 0 unspecified atom stereocenters. The third kappa shape index (κ3) is 2.49. The molecule has 1 aromatic rings. The van der Waals surface area contributed by atoms with Gasteiger partial charge in [0.2, 0.25) is 0 Å². The topological polar surface area (TPSA) is 68.6 Å². The van der Waals surface area contributed by atoms with E-state index in [-0.39, 0.29) is 17.6 Å². The van der Waals surface area contributed by atoms with Gasteiger partial charge in [0, 0.05) is 38.9 Å². The van der Waals surface area contributed by atoms with Gasteiger partial charge in [-0.1, -0.05) is 0 Å². The number of carbonyl (C=O) groups excluding carboxylic acids is 1. The molecule has 1 spiro atoms. The molecule has 3 heterocycles. The van der Waals surface area contributed by atoms with Crippen LogP contribution in [0, 0.1) is 11.8 Å². The first-order valence-corrected chi connectivity index (χ1v) is 10.3. The smallest absolute Gasteiger partial charge is 0.270 e. The monoisotopic (exact) mass is 352 g/mol. The highest BCUT2D eigenvalue weighted by atomic mass is 32.2. The number of sulfone groups is 1. The van der Waals surface area contributed by atoms with Crippen molar-refractivity contribution in [3.05, 3.63) is 24.0 Å². The Kier molecular flexibility index (Phi) is 3.76. The second-order valence-electron chi connectivity index (χ2n) is 7.52. The van der Waals surface area contributed by atoms with E-state index in [1.807, 2.05) is 19.3 Å². The normalized spacial score (nSPS) is 27.4. The number of hydrogen-bond acceptors (Lipinski definition) is 4. The highest BCUT2D eigenvalue weighted by Gasteiger charge is 2.62. The second kappa shape index (κ2) is 5.59. The largest absolute Gasteiger partial charge is 0.381 e. The zero-order valence-corrected chi connectivity index (χ0v) is 14.8. The number of nitrogens with zero attached hydrogens (tertiary/aromatic N) is 2. The maximum Gasteiger partial charge on any atom is 0.270 e. The van der Waals surface area contributed by atoms with E-state index in [0.717, 1.165) is 6.61 Å². The van der Waals surface area contributed by atoms with Crippen LogP contribution in [0.5, 0.6) is 0 Å². The standard InChI is InChI=1S/C17H24N2O4S/c1-18-7-2-3-15(18)16(20)19-11-17(12-19)14(6-8-24(17,21)22)10-23-9-13-4-5-13/h2-3,7,13-14H,4-6,8-12H2,1H3/t14-/m0/s1. The van der Waals surface area contributed by atoms with Crippen LogP contribution in [-0.4, -0.2) is 60.6 Å². The van der Waals surface area contributed by atoms with E-state index < -0.39 is 14.6 Å². The fourth-order valence-corrected chi connectivity index (χ4v) is 6.36. The Labute approximate surface area is 142 Å². The van der Waals surface area contributed by atoms with Crippen LogP contribution in [0.15, 0.2) is 18.3 Å². The molecule has 1 aromatic heterocycles. The van der Waals surface area contributed by atoms with E-state index >= 15 is 0 Å². The summed E-state index contributed by atoms with van der Waals surface area (Å²) < 4.78 is 32.0. The number of carbonyl (C=O) groups is 1. The minimum Gasteiger partial charge on any atom is -0.381 e. The van der Waals surface area contributed by atoms with Gasteiger partial charge in [0.1, 0.15) is 10.4 Å². The number of rotatable bonds is 5. The van der Waals surface area contributed by atoms with Crippen LogP contribution in [0.25, 0.3) is 0 Å². The number of aromatic nitrogens is 1. The SMILES string of the molecule is Cn1cccc1C(=O)N1CC2(C1)[C@H](COCC1CC1)CCS2(=O)=O. The van der Waals surface area contributed by atoms with E-state index in [1.54, 1.807) is 15.5 Å². The van der Waals surface area contributed by atoms with Crippen LogP contribution in [0.4, 0.5) is 0 Å². The minimum absolute atomic E-state index is 0.0127. The summed E-state index contributed by atoms with van der Waals surface area (Å²) in [5.41, 5.74) is 0.599. The Balaban J connectivity index is 1.44. The van der Waals surface area contributed by atoms with Gasteiger partial charge in [-0.05, 0) is 37.3 Å². The summed E-state index contributed by atoms with van der Waals surface area (Å²) in [6, 6.07) is 3.59. The van der Waals surface area contributed by atoms with Crippen molar-refractivity contribution in [2.75, 3.05) is 32.1 Å². The molecule has 2 saturated heterocycles. The van der Waals surface area contributed by atoms with Crippen molar-refractivity contribution in [2.24, 2.45) is 18.9 Å². The first kappa shape index (κ1) is 16.1. The second-order valence-corrected chi connectivity index (χ2v) is 9.97. The summed E-state index contributed by atoms with van der Waals surface area (Å²) in [6.07, 6.45) is 4.93. The van der Waals surface area contributed by atoms with Crippen molar-refractivity contribution >= 4 is 15.7 Å². The van der Waals surface area contributed by atoms with Gasteiger partial charge >= 0.3 is 0 Å². The molecular weight excluding hydrogens is 328 g/mol. The van der Waals surface area contributed by atoms with Crippen molar-refractivity contribution in [3.8, 4) is 0 Å². The minimum atomic E-state index is -3.16. The third-order valence-electron chi connectivity index (χ3n) is 5.84. The first-order valence-electron chi connectivity index (χ1n) is 8.64. The first-order chi connectivity index (χ1) is 11.4. The quantitative estimate of drug-likeness (QED) is 0.795. The maximum absolute atomic E-state index is 12.6. The van der Waals surface area contributed by atoms with Crippen LogP contribution in [0.2, 0.25) is 0 Å². The Bertz CT molecular complexity index is 744. The van der Waals surface area contributed by atoms with Crippen molar-refractivity contribution in [2.45, 2.75) is 24.0 Å². The Morgan fingerprint density at radius 2 is 2.04 bits per heavy atom. The van der Waals surface area contributed by atoms with Gasteiger partial charge in [0.05, 0.1) is 12.4 Å². The lowest BCUT2D eigenvalue weighted by atomic mass is 9.83. The van der Waals surface area contributed by atoms with E-state index in [9.17, 15) is 13.2 Å². The predicted octanol–water partition coefficient (Wildman–Crippen LogP) is 1.08. The molecule has 1 amide bonds. The lowest BCUT2D eigenvalue weighted by molar-refractivity contribution is 0.0223. The zero-order valence-electron chi connectivity index (χ0n) is 14.0. The molecule has 6 nitrogen and oxygen atoms in total. The zero-order chi connectivity index (χ0) is 16.9. The number of amides is 1. The van der Waals surface area contributed by atoms with Gasteiger partial charge < -0.3 is 14.2 Å². The fraction of sp³-hybridized carbons (Fsp3) is 0.706. The molecule has 1 saturated carbocycles. The average molecular weight is 352 g/mol. The van der Waals surface area contributed by atoms with Crippen LogP contribution in [0.3, 0.4) is 0 Å². The van der Waals surface area contributed by atoms with Gasteiger partial charge in [0.25, 0.3) is 5.91 Å². The summed E-state index contributed by atoms with van der Waals surface area (Å²) >= 11 is 0. The molecule has 7 heteroatoms. The van der Waals surface area contributed by atoms with Gasteiger partial charge in [-0.15, -0.1) is 0 Å². The lowest BCUT2D eigenvalue weighted by Crippen LogP contribution is -2.68. The van der Waals surface area contributed by atoms with E-state index in [1.165, 1.54) is 12.8 Å². The molecule has 0 radical (unpaired) electrons. The maximum atomic E-state index is 12.6. The van der Waals surface area contributed by atoms with Gasteiger partial charge in [-0.3, -0.25) is 4.79 Å². The Morgan fingerprint density at radius 1 is 1.29 bits per heavy atom. The van der Waals surface area contributed by atoms with Gasteiger partial charge in [-0.25, -0.2) is 8.42 Å². The highest BCUT2D eigenvalue weighted by molar-refractivity contribution is 7.93. The average Bonchev–Trinajstić information content (AvgIpc) is 3.14. The fourth-order valence-electron chi connectivity index (χ4n) is 3.96. The highest BCUT2D eigenvalue weighted by Crippen LogP contribution is 2.45. The van der Waals surface area contributed by atoms with E-state index in [4.69, 9.17) is 4.74 Å². The van der Waals surface area contributed by atoms with Crippen molar-refractivity contribution in [1.82, 2.24) is 9.47 Å². The molecular formula is C17H24N2O4S. The molecule has 132 valence electrons. The van der Waals surface area contributed by atoms with E-state index in [2.05, 4.69) is 0 Å². The van der Waals surface area contributed by atoms with Crippen molar-refractivity contribution < 1.29 is 17.9 Å². The molecule has 0 aromatic carbocycles. The predicted molar refractivity (Wildman–Crippen MR) is 89.5 cm³/mol. The molecule has 3 aliphatic rings. The molecule has 0 N–H and O–H groups in total. The van der Waals surface area contributed by atoms with Crippen LogP contribution in [0.1, 0.15) is 29.8 Å². The van der Waals surface area contributed by atoms with Crippen LogP contribution < -0.4 is 0 Å². The number of aryl methyl sites for hydroxylation is 1. The summed E-state index contributed by atoms with van der Waals surface area (Å²) in [7, 11) is -1.34. The number of ether oxygens (including phenoxy) is 1. The molecule has 24 heavy (non-hydrogen) atoms. The molecule has 2 aliphatic heterocycles. The summed E-state index contributed by atoms with van der Waals surface area (Å²) in [5.74, 6) is 0.818. The van der Waals surface area contributed by atoms with Crippen molar-refractivity contribution in [1.29, 1.82) is 0 Å². The molecule has 3 fully saturated rings. The Hall–Kier alpha value is -1.34. The number of hydrogen-bond donors (Lipinski definition) is 0. The lowest BCUT2D eigenvalue weighted by Gasteiger charge is -2.49. The summed E-state index contributed by atoms with van der Waals surface area (Å²) in [6.45, 7) is 1.86.